The molecule has 0 atom stereocenters. The van der Waals surface area contributed by atoms with E-state index in [1.165, 1.54) is 35.6 Å². The minimum absolute atomic E-state index is 0.212. The largest absolute Gasteiger partial charge is 0.494 e. The molecule has 0 aliphatic rings. The van der Waals surface area contributed by atoms with Crippen molar-refractivity contribution in [3.63, 3.8) is 0 Å². The SMILES string of the molecule is COc1ccc(C)c2sc(N(CCCn3ccnc3)C(=O)c3ccc(F)cc3)nc12. The number of anilines is 1. The first kappa shape index (κ1) is 20.0. The molecule has 0 N–H and O–H groups in total. The summed E-state index contributed by atoms with van der Waals surface area (Å²) < 4.78 is 21.7. The number of amides is 1. The predicted octanol–water partition coefficient (Wildman–Crippen LogP) is 4.69. The Morgan fingerprint density at radius 2 is 2.03 bits per heavy atom. The van der Waals surface area contributed by atoms with Crippen LogP contribution in [0.2, 0.25) is 0 Å². The van der Waals surface area contributed by atoms with Crippen LogP contribution in [0, 0.1) is 12.7 Å². The lowest BCUT2D eigenvalue weighted by molar-refractivity contribution is 0.0986. The molecule has 2 aromatic heterocycles. The van der Waals surface area contributed by atoms with E-state index in [4.69, 9.17) is 9.72 Å². The summed E-state index contributed by atoms with van der Waals surface area (Å²) >= 11 is 1.46. The van der Waals surface area contributed by atoms with E-state index in [0.717, 1.165) is 28.7 Å². The second-order valence-electron chi connectivity index (χ2n) is 6.88. The molecular formula is C22H21FN4O2S. The summed E-state index contributed by atoms with van der Waals surface area (Å²) in [4.78, 5) is 23.7. The minimum Gasteiger partial charge on any atom is -0.494 e. The monoisotopic (exact) mass is 424 g/mol. The second-order valence-corrected chi connectivity index (χ2v) is 7.85. The molecule has 0 fully saturated rings. The molecule has 2 aromatic carbocycles. The summed E-state index contributed by atoms with van der Waals surface area (Å²) in [5.41, 5.74) is 2.23. The van der Waals surface area contributed by atoms with Crippen molar-refractivity contribution in [2.45, 2.75) is 19.9 Å². The first-order valence-electron chi connectivity index (χ1n) is 9.54. The number of aryl methyl sites for hydroxylation is 2. The third kappa shape index (κ3) is 4.04. The van der Waals surface area contributed by atoms with E-state index in [9.17, 15) is 9.18 Å². The summed E-state index contributed by atoms with van der Waals surface area (Å²) in [6.45, 7) is 3.20. The van der Waals surface area contributed by atoms with Crippen LogP contribution in [0.4, 0.5) is 9.52 Å². The van der Waals surface area contributed by atoms with Crippen molar-refractivity contribution in [3.8, 4) is 5.75 Å². The molecule has 4 aromatic rings. The van der Waals surface area contributed by atoms with Gasteiger partial charge in [-0.1, -0.05) is 17.4 Å². The zero-order valence-corrected chi connectivity index (χ0v) is 17.5. The third-order valence-electron chi connectivity index (χ3n) is 4.84. The highest BCUT2D eigenvalue weighted by Crippen LogP contribution is 2.36. The molecule has 0 saturated heterocycles. The van der Waals surface area contributed by atoms with E-state index in [0.29, 0.717) is 23.0 Å². The van der Waals surface area contributed by atoms with Crippen LogP contribution in [0.1, 0.15) is 22.3 Å². The van der Waals surface area contributed by atoms with Crippen LogP contribution in [0.25, 0.3) is 10.2 Å². The van der Waals surface area contributed by atoms with Gasteiger partial charge in [0, 0.05) is 31.0 Å². The average molecular weight is 425 g/mol. The van der Waals surface area contributed by atoms with E-state index in [-0.39, 0.29) is 11.7 Å². The van der Waals surface area contributed by atoms with Gasteiger partial charge in [0.1, 0.15) is 17.1 Å². The third-order valence-corrected chi connectivity index (χ3v) is 6.05. The summed E-state index contributed by atoms with van der Waals surface area (Å²) in [5, 5.41) is 0.595. The van der Waals surface area contributed by atoms with Crippen LogP contribution in [0.3, 0.4) is 0 Å². The Kier molecular flexibility index (Phi) is 5.76. The number of fused-ring (bicyclic) bond motifs is 1. The van der Waals surface area contributed by atoms with Crippen LogP contribution in [-0.4, -0.2) is 34.1 Å². The summed E-state index contributed by atoms with van der Waals surface area (Å²) in [6.07, 6.45) is 6.08. The highest BCUT2D eigenvalue weighted by Gasteiger charge is 2.22. The topological polar surface area (TPSA) is 60.2 Å². The number of nitrogens with zero attached hydrogens (tertiary/aromatic N) is 4. The molecule has 0 aliphatic heterocycles. The lowest BCUT2D eigenvalue weighted by atomic mass is 10.2. The number of hydrogen-bond acceptors (Lipinski definition) is 5. The van der Waals surface area contributed by atoms with E-state index < -0.39 is 0 Å². The Morgan fingerprint density at radius 3 is 2.73 bits per heavy atom. The first-order chi connectivity index (χ1) is 14.6. The Bertz CT molecular complexity index is 1160. The summed E-state index contributed by atoms with van der Waals surface area (Å²) in [7, 11) is 1.61. The molecule has 0 unspecified atom stereocenters. The number of thiazole rings is 1. The van der Waals surface area contributed by atoms with Crippen molar-refractivity contribution >= 4 is 32.6 Å². The van der Waals surface area contributed by atoms with Crippen LogP contribution in [-0.2, 0) is 6.54 Å². The molecule has 0 spiro atoms. The van der Waals surface area contributed by atoms with Crippen LogP contribution in [0.5, 0.6) is 5.75 Å². The molecule has 6 nitrogen and oxygen atoms in total. The van der Waals surface area contributed by atoms with Gasteiger partial charge in [-0.3, -0.25) is 9.69 Å². The van der Waals surface area contributed by atoms with Crippen molar-refractivity contribution in [2.24, 2.45) is 0 Å². The second kappa shape index (κ2) is 8.62. The number of carbonyl (C=O) groups is 1. The van der Waals surface area contributed by atoms with Crippen molar-refractivity contribution in [1.82, 2.24) is 14.5 Å². The number of ether oxygens (including phenoxy) is 1. The van der Waals surface area contributed by atoms with Crippen LogP contribution >= 0.6 is 11.3 Å². The number of imidazole rings is 1. The number of aromatic nitrogens is 3. The van der Waals surface area contributed by atoms with Crippen LogP contribution < -0.4 is 9.64 Å². The first-order valence-corrected chi connectivity index (χ1v) is 10.4. The van der Waals surface area contributed by atoms with E-state index in [1.54, 1.807) is 24.5 Å². The molecule has 1 amide bonds. The van der Waals surface area contributed by atoms with Crippen molar-refractivity contribution in [2.75, 3.05) is 18.6 Å². The maximum atomic E-state index is 13.3. The van der Waals surface area contributed by atoms with Gasteiger partial charge < -0.3 is 9.30 Å². The molecule has 30 heavy (non-hydrogen) atoms. The van der Waals surface area contributed by atoms with Crippen molar-refractivity contribution in [1.29, 1.82) is 0 Å². The molecule has 4 rings (SSSR count). The molecule has 0 radical (unpaired) electrons. The fourth-order valence-corrected chi connectivity index (χ4v) is 4.32. The minimum atomic E-state index is -0.376. The quantitative estimate of drug-likeness (QED) is 0.432. The lowest BCUT2D eigenvalue weighted by Crippen LogP contribution is -2.32. The molecule has 0 saturated carbocycles. The van der Waals surface area contributed by atoms with Crippen molar-refractivity contribution < 1.29 is 13.9 Å². The Labute approximate surface area is 177 Å². The van der Waals surface area contributed by atoms with Gasteiger partial charge in [0.05, 0.1) is 18.1 Å². The fraction of sp³-hybridized carbons (Fsp3) is 0.227. The average Bonchev–Trinajstić information content (AvgIpc) is 3.42. The van der Waals surface area contributed by atoms with Gasteiger partial charge in [-0.25, -0.2) is 14.4 Å². The van der Waals surface area contributed by atoms with Gasteiger partial charge in [-0.2, -0.15) is 0 Å². The highest BCUT2D eigenvalue weighted by atomic mass is 32.1. The Hall–Kier alpha value is -3.26. The van der Waals surface area contributed by atoms with Gasteiger partial charge in [0.2, 0.25) is 0 Å². The Morgan fingerprint density at radius 1 is 1.23 bits per heavy atom. The summed E-state index contributed by atoms with van der Waals surface area (Å²) in [6, 6.07) is 9.45. The van der Waals surface area contributed by atoms with E-state index >= 15 is 0 Å². The number of carbonyl (C=O) groups excluding carboxylic acids is 1. The van der Waals surface area contributed by atoms with Gasteiger partial charge in [-0.05, 0) is 49.2 Å². The summed E-state index contributed by atoms with van der Waals surface area (Å²) in [5.74, 6) is 0.0839. The van der Waals surface area contributed by atoms with Gasteiger partial charge in [0.25, 0.3) is 5.91 Å². The number of halogens is 1. The molecule has 0 bridgehead atoms. The Balaban J connectivity index is 1.68. The molecule has 2 heterocycles. The number of methoxy groups -OCH3 is 1. The maximum absolute atomic E-state index is 13.3. The molecular weight excluding hydrogens is 403 g/mol. The smallest absolute Gasteiger partial charge is 0.260 e. The van der Waals surface area contributed by atoms with Gasteiger partial charge >= 0.3 is 0 Å². The number of hydrogen-bond donors (Lipinski definition) is 0. The van der Waals surface area contributed by atoms with Gasteiger partial charge in [0.15, 0.2) is 5.13 Å². The lowest BCUT2D eigenvalue weighted by Gasteiger charge is -2.20. The van der Waals surface area contributed by atoms with E-state index in [2.05, 4.69) is 4.98 Å². The normalized spacial score (nSPS) is 11.0. The number of benzene rings is 2. The van der Waals surface area contributed by atoms with E-state index in [1.807, 2.05) is 29.8 Å². The van der Waals surface area contributed by atoms with Crippen molar-refractivity contribution in [3.05, 3.63) is 72.1 Å². The molecule has 154 valence electrons. The molecule has 0 aliphatic carbocycles. The highest BCUT2D eigenvalue weighted by molar-refractivity contribution is 7.22. The number of rotatable bonds is 7. The maximum Gasteiger partial charge on any atom is 0.260 e. The molecule has 8 heteroatoms. The standard InChI is InChI=1S/C22H21FN4O2S/c1-15-4-9-18(29-2)19-20(15)30-22(25-19)27(12-3-11-26-13-10-24-14-26)21(28)16-5-7-17(23)8-6-16/h4-10,13-14H,3,11-12H2,1-2H3. The predicted molar refractivity (Wildman–Crippen MR) is 116 cm³/mol. The fourth-order valence-electron chi connectivity index (χ4n) is 3.24. The zero-order valence-electron chi connectivity index (χ0n) is 16.7. The zero-order chi connectivity index (χ0) is 21.1. The van der Waals surface area contributed by atoms with Gasteiger partial charge in [-0.15, -0.1) is 0 Å². The van der Waals surface area contributed by atoms with Crippen LogP contribution in [0.15, 0.2) is 55.1 Å².